The monoisotopic (exact) mass is 1030 g/mol. The number of allylic oxidation sites excluding steroid dienone is 3. The second kappa shape index (κ2) is 19.6. The molecule has 11 fully saturated rings. The second-order valence-corrected chi connectivity index (χ2v) is 24.9. The van der Waals surface area contributed by atoms with Gasteiger partial charge in [-0.05, 0) is 78.2 Å². The minimum Gasteiger partial charge on any atom is -0.396 e. The Morgan fingerprint density at radius 3 is 1.88 bits per heavy atom. The Balaban J connectivity index is 0.736. The van der Waals surface area contributed by atoms with Gasteiger partial charge in [0.15, 0.2) is 0 Å². The Morgan fingerprint density at radius 1 is 0.722 bits per heavy atom. The van der Waals surface area contributed by atoms with E-state index in [0.29, 0.717) is 51.4 Å². The van der Waals surface area contributed by atoms with Crippen LogP contribution in [0.2, 0.25) is 0 Å². The molecule has 11 heterocycles. The van der Waals surface area contributed by atoms with Gasteiger partial charge in [-0.15, -0.1) is 6.58 Å². The van der Waals surface area contributed by atoms with Crippen LogP contribution in [0.4, 0.5) is 0 Å². The van der Waals surface area contributed by atoms with Crippen molar-refractivity contribution >= 4 is 10.4 Å². The minimum absolute atomic E-state index is 0.111. The number of hydrogen-bond acceptors (Lipinski definition) is 17. The van der Waals surface area contributed by atoms with E-state index in [4.69, 9.17) is 56.3 Å². The third-order valence-corrected chi connectivity index (χ3v) is 18.9. The predicted octanol–water partition coefficient (Wildman–Crippen LogP) is 4.60. The largest absolute Gasteiger partial charge is 0.397 e. The molecule has 25 atom stereocenters. The van der Waals surface area contributed by atoms with Crippen molar-refractivity contribution < 1.29 is 84.6 Å². The van der Waals surface area contributed by atoms with Gasteiger partial charge in [-0.1, -0.05) is 37.0 Å². The molecule has 0 aliphatic carbocycles. The van der Waals surface area contributed by atoms with Crippen molar-refractivity contribution in [3.8, 4) is 0 Å². The van der Waals surface area contributed by atoms with E-state index in [2.05, 4.69) is 33.6 Å². The number of aliphatic hydroxyl groups is 3. The SMILES string of the molecule is C=CCC(=C)/C=C/C(C)(O)C1OC2CC3OC4CC5OC6CC7OC8CC9OC%10CC%11OC(C)(CCO)C(OS(=O)(=O)O)CC%11OC%10CC9OC8CCC7(C)OC6(C)CCCC5OC4C(O)C3OC2CC1=C. The summed E-state index contributed by atoms with van der Waals surface area (Å²) in [5.74, 6) is 0. The average molecular weight is 1040 g/mol. The van der Waals surface area contributed by atoms with Gasteiger partial charge in [0.1, 0.15) is 36.1 Å². The van der Waals surface area contributed by atoms with Gasteiger partial charge in [-0.3, -0.25) is 4.55 Å². The number of aliphatic hydroxyl groups excluding tert-OH is 2. The molecule has 19 heteroatoms. The summed E-state index contributed by atoms with van der Waals surface area (Å²) >= 11 is 0. The Hall–Kier alpha value is -1.73. The van der Waals surface area contributed by atoms with Crippen molar-refractivity contribution in [2.45, 2.75) is 275 Å². The highest BCUT2D eigenvalue weighted by atomic mass is 32.3. The molecule has 18 nitrogen and oxygen atoms in total. The van der Waals surface area contributed by atoms with E-state index < -0.39 is 87.7 Å². The van der Waals surface area contributed by atoms with Crippen molar-refractivity contribution in [2.75, 3.05) is 6.61 Å². The van der Waals surface area contributed by atoms with Gasteiger partial charge in [0.25, 0.3) is 0 Å². The second-order valence-electron chi connectivity index (χ2n) is 23.8. The van der Waals surface area contributed by atoms with Gasteiger partial charge in [-0.2, -0.15) is 8.42 Å². The summed E-state index contributed by atoms with van der Waals surface area (Å²) in [7, 11) is -4.78. The van der Waals surface area contributed by atoms with Crippen molar-refractivity contribution in [2.24, 2.45) is 0 Å². The van der Waals surface area contributed by atoms with E-state index in [9.17, 15) is 28.3 Å². The molecule has 404 valence electrons. The third-order valence-electron chi connectivity index (χ3n) is 18.4. The molecule has 72 heavy (non-hydrogen) atoms. The van der Waals surface area contributed by atoms with Crippen LogP contribution in [0.15, 0.2) is 49.1 Å². The standard InChI is InChI=1S/C53H78O18S/c1-8-10-27(2)12-15-50(4,56)49-28(3)19-31-38(68-49)24-42-48(67-31)46(55)47-41(63-42)23-33-29(66-47)11-9-14-52(6)43(65-33)26-44-53(7,71-52)16-13-30-32(64-44)20-35-34(60-30)21-36-37(61-35)22-40-39(62-36)25-45(70-72(57,58)59)51(5,69-40)17-18-54/h8,12,15,29-49,54-56H,1-3,9-11,13-14,16-26H2,4-7H3,(H,57,58,59)/b15-12+. The molecule has 4 N–H and O–H groups in total. The molecule has 0 bridgehead atoms. The third kappa shape index (κ3) is 9.94. The Bertz CT molecular complexity index is 2190. The highest BCUT2D eigenvalue weighted by Gasteiger charge is 2.62. The molecule has 25 unspecified atom stereocenters. The lowest BCUT2D eigenvalue weighted by atomic mass is 9.76. The summed E-state index contributed by atoms with van der Waals surface area (Å²) in [6, 6.07) is 0. The molecule has 11 aliphatic heterocycles. The van der Waals surface area contributed by atoms with E-state index >= 15 is 0 Å². The number of hydrogen-bond donors (Lipinski definition) is 4. The first-order valence-corrected chi connectivity index (χ1v) is 28.1. The van der Waals surface area contributed by atoms with Crippen LogP contribution < -0.4 is 0 Å². The topological polar surface area (TPSA) is 226 Å². The zero-order valence-electron chi connectivity index (χ0n) is 42.2. The first-order valence-electron chi connectivity index (χ1n) is 26.7. The van der Waals surface area contributed by atoms with Crippen LogP contribution in [0.5, 0.6) is 0 Å². The first kappa shape index (κ1) is 52.3. The molecule has 11 rings (SSSR count). The highest BCUT2D eigenvalue weighted by Crippen LogP contribution is 2.52. The fraction of sp³-hybridized carbons (Fsp3) is 0.849. The minimum atomic E-state index is -4.78. The maximum absolute atomic E-state index is 12.0. The molecular formula is C53H78O18S. The van der Waals surface area contributed by atoms with Crippen LogP contribution in [0.1, 0.15) is 124 Å². The average Bonchev–Trinajstić information content (AvgIpc) is 3.43. The molecule has 0 aromatic rings. The summed E-state index contributed by atoms with van der Waals surface area (Å²) in [4.78, 5) is 0. The molecule has 11 saturated heterocycles. The Morgan fingerprint density at radius 2 is 1.25 bits per heavy atom. The molecule has 0 aromatic heterocycles. The van der Waals surface area contributed by atoms with E-state index in [1.807, 2.05) is 0 Å². The quantitative estimate of drug-likeness (QED) is 0.141. The van der Waals surface area contributed by atoms with E-state index in [1.165, 1.54) is 0 Å². The van der Waals surface area contributed by atoms with E-state index in [1.54, 1.807) is 32.1 Å². The lowest BCUT2D eigenvalue weighted by molar-refractivity contribution is -0.344. The van der Waals surface area contributed by atoms with Gasteiger partial charge in [0.2, 0.25) is 0 Å². The van der Waals surface area contributed by atoms with Gasteiger partial charge in [0.05, 0.1) is 114 Å². The zero-order chi connectivity index (χ0) is 50.7. The van der Waals surface area contributed by atoms with Crippen molar-refractivity contribution in [1.29, 1.82) is 0 Å². The zero-order valence-corrected chi connectivity index (χ0v) is 43.0. The smallest absolute Gasteiger partial charge is 0.396 e. The maximum atomic E-state index is 12.0. The van der Waals surface area contributed by atoms with Gasteiger partial charge in [0, 0.05) is 58.0 Å². The Labute approximate surface area is 423 Å². The van der Waals surface area contributed by atoms with Gasteiger partial charge in [-0.25, -0.2) is 4.18 Å². The molecule has 0 aromatic carbocycles. The molecule has 0 spiro atoms. The molecule has 11 aliphatic rings. The summed E-state index contributed by atoms with van der Waals surface area (Å²) < 4.78 is 113. The highest BCUT2D eigenvalue weighted by molar-refractivity contribution is 7.80. The van der Waals surface area contributed by atoms with E-state index in [0.717, 1.165) is 43.3 Å². The summed E-state index contributed by atoms with van der Waals surface area (Å²) in [6.45, 7) is 19.6. The van der Waals surface area contributed by atoms with Crippen molar-refractivity contribution in [3.63, 3.8) is 0 Å². The van der Waals surface area contributed by atoms with E-state index in [-0.39, 0.29) is 92.7 Å². The fourth-order valence-corrected chi connectivity index (χ4v) is 15.2. The van der Waals surface area contributed by atoms with Crippen LogP contribution in [0.3, 0.4) is 0 Å². The van der Waals surface area contributed by atoms with Gasteiger partial charge < -0.3 is 67.4 Å². The maximum Gasteiger partial charge on any atom is 0.397 e. The lowest BCUT2D eigenvalue weighted by Gasteiger charge is -2.57. The Kier molecular flexibility index (Phi) is 14.3. The molecular weight excluding hydrogens is 957 g/mol. The summed E-state index contributed by atoms with van der Waals surface area (Å²) in [5.41, 5.74) is -2.15. The van der Waals surface area contributed by atoms with Crippen LogP contribution in [-0.4, -0.2) is 185 Å². The molecule has 0 saturated carbocycles. The molecule has 0 radical (unpaired) electrons. The van der Waals surface area contributed by atoms with Crippen LogP contribution in [-0.2, 0) is 66.7 Å². The number of rotatable bonds is 9. The van der Waals surface area contributed by atoms with Gasteiger partial charge >= 0.3 is 10.4 Å². The normalized spacial score (nSPS) is 51.9. The van der Waals surface area contributed by atoms with Crippen molar-refractivity contribution in [1.82, 2.24) is 0 Å². The number of ether oxygens (including phenoxy) is 11. The van der Waals surface area contributed by atoms with Crippen LogP contribution in [0.25, 0.3) is 0 Å². The first-order chi connectivity index (χ1) is 34.1. The molecule has 0 amide bonds. The summed E-state index contributed by atoms with van der Waals surface area (Å²) in [5, 5.41) is 33.4. The predicted molar refractivity (Wildman–Crippen MR) is 256 cm³/mol. The van der Waals surface area contributed by atoms with Crippen molar-refractivity contribution in [3.05, 3.63) is 49.1 Å². The number of fused-ring (bicyclic) bond motifs is 10. The summed E-state index contributed by atoms with van der Waals surface area (Å²) in [6.07, 6.45) is 4.80. The fourth-order valence-electron chi connectivity index (χ4n) is 14.6. The van der Waals surface area contributed by atoms with Crippen LogP contribution in [0, 0.1) is 0 Å². The van der Waals surface area contributed by atoms with Crippen LogP contribution >= 0.6 is 0 Å². The lowest BCUT2D eigenvalue weighted by Crippen LogP contribution is -2.69.